The summed E-state index contributed by atoms with van der Waals surface area (Å²) >= 11 is 4.93. The summed E-state index contributed by atoms with van der Waals surface area (Å²) in [5.74, 6) is 0.800. The molecule has 0 aliphatic carbocycles. The van der Waals surface area contributed by atoms with Crippen LogP contribution >= 0.6 is 12.2 Å². The van der Waals surface area contributed by atoms with Crippen LogP contribution in [0.5, 0.6) is 5.75 Å². The number of fused-ring (bicyclic) bond motifs is 1. The van der Waals surface area contributed by atoms with Gasteiger partial charge in [0.15, 0.2) is 0 Å². The highest BCUT2D eigenvalue weighted by molar-refractivity contribution is 7.80. The molecule has 104 valence electrons. The first-order valence-electron chi connectivity index (χ1n) is 6.45. The number of aromatic nitrogens is 2. The molecule has 4 nitrogen and oxygen atoms in total. The van der Waals surface area contributed by atoms with Crippen LogP contribution < -0.4 is 10.5 Å². The number of hydrogen-bond acceptors (Lipinski definition) is 4. The third-order valence-electron chi connectivity index (χ3n) is 3.08. The molecule has 5 heteroatoms. The molecule has 0 radical (unpaired) electrons. The Hall–Kier alpha value is -2.53. The highest BCUT2D eigenvalue weighted by atomic mass is 32.1. The first-order chi connectivity index (χ1) is 10.2. The number of hydrogen-bond donors (Lipinski definition) is 1. The summed E-state index contributed by atoms with van der Waals surface area (Å²) < 4.78 is 5.89. The van der Waals surface area contributed by atoms with Crippen LogP contribution in [0.4, 0.5) is 0 Å². The van der Waals surface area contributed by atoms with Crippen molar-refractivity contribution in [1.82, 2.24) is 9.97 Å². The molecule has 2 N–H and O–H groups in total. The number of thiocarbonyl (C=S) groups is 1. The van der Waals surface area contributed by atoms with Crippen molar-refractivity contribution in [3.8, 4) is 5.75 Å². The van der Waals surface area contributed by atoms with Gasteiger partial charge in [-0.3, -0.25) is 9.97 Å². The molecule has 3 rings (SSSR count). The fourth-order valence-corrected chi connectivity index (χ4v) is 2.17. The van der Waals surface area contributed by atoms with E-state index in [0.29, 0.717) is 12.3 Å². The second-order valence-electron chi connectivity index (χ2n) is 4.53. The molecule has 0 saturated carbocycles. The number of nitrogens with two attached hydrogens (primary N) is 1. The molecule has 0 fully saturated rings. The summed E-state index contributed by atoms with van der Waals surface area (Å²) in [6, 6.07) is 13.4. The SMILES string of the molecule is NC(=S)c1cc(COc2cccc3ncccc23)ccn1. The monoisotopic (exact) mass is 295 g/mol. The molecule has 2 aromatic heterocycles. The summed E-state index contributed by atoms with van der Waals surface area (Å²) in [5.41, 5.74) is 8.06. The molecule has 1 aromatic carbocycles. The molecular weight excluding hydrogens is 282 g/mol. The predicted octanol–water partition coefficient (Wildman–Crippen LogP) is 2.84. The minimum absolute atomic E-state index is 0.284. The summed E-state index contributed by atoms with van der Waals surface area (Å²) in [4.78, 5) is 8.71. The number of nitrogens with zero attached hydrogens (tertiary/aromatic N) is 2. The van der Waals surface area contributed by atoms with Crippen molar-refractivity contribution in [2.75, 3.05) is 0 Å². The number of ether oxygens (including phenoxy) is 1. The molecule has 0 spiro atoms. The van der Waals surface area contributed by atoms with Gasteiger partial charge in [0.1, 0.15) is 17.3 Å². The largest absolute Gasteiger partial charge is 0.488 e. The van der Waals surface area contributed by atoms with Crippen LogP contribution in [0.25, 0.3) is 10.9 Å². The lowest BCUT2D eigenvalue weighted by Gasteiger charge is -2.09. The standard InChI is InChI=1S/C16H13N3OS/c17-16(21)14-9-11(6-8-19-14)10-20-15-5-1-4-13-12(15)3-2-7-18-13/h1-9H,10H2,(H2,17,21). The lowest BCUT2D eigenvalue weighted by Crippen LogP contribution is -2.12. The van der Waals surface area contributed by atoms with E-state index >= 15 is 0 Å². The number of pyridine rings is 2. The van der Waals surface area contributed by atoms with Gasteiger partial charge in [0.25, 0.3) is 0 Å². The minimum atomic E-state index is 0.284. The van der Waals surface area contributed by atoms with Crippen molar-refractivity contribution >= 4 is 28.1 Å². The molecule has 0 aliphatic heterocycles. The average Bonchev–Trinajstić information content (AvgIpc) is 2.53. The molecule has 21 heavy (non-hydrogen) atoms. The molecular formula is C16H13N3OS. The van der Waals surface area contributed by atoms with E-state index in [1.165, 1.54) is 0 Å². The van der Waals surface area contributed by atoms with E-state index < -0.39 is 0 Å². The smallest absolute Gasteiger partial charge is 0.129 e. The van der Waals surface area contributed by atoms with Gasteiger partial charge in [0.05, 0.1) is 11.2 Å². The van der Waals surface area contributed by atoms with Gasteiger partial charge in [-0.05, 0) is 42.0 Å². The van der Waals surface area contributed by atoms with Crippen LogP contribution in [-0.2, 0) is 6.61 Å². The van der Waals surface area contributed by atoms with E-state index in [1.54, 1.807) is 12.4 Å². The molecule has 0 unspecified atom stereocenters. The van der Waals surface area contributed by atoms with Gasteiger partial charge >= 0.3 is 0 Å². The second kappa shape index (κ2) is 5.85. The van der Waals surface area contributed by atoms with Gasteiger partial charge in [-0.25, -0.2) is 0 Å². The minimum Gasteiger partial charge on any atom is -0.488 e. The zero-order valence-corrected chi connectivity index (χ0v) is 12.0. The van der Waals surface area contributed by atoms with Gasteiger partial charge in [0.2, 0.25) is 0 Å². The van der Waals surface area contributed by atoms with Crippen molar-refractivity contribution in [3.05, 3.63) is 66.1 Å². The van der Waals surface area contributed by atoms with E-state index in [9.17, 15) is 0 Å². The van der Waals surface area contributed by atoms with Gasteiger partial charge in [-0.2, -0.15) is 0 Å². The normalized spacial score (nSPS) is 10.5. The summed E-state index contributed by atoms with van der Waals surface area (Å²) in [6.07, 6.45) is 3.45. The molecule has 0 bridgehead atoms. The van der Waals surface area contributed by atoms with Crippen molar-refractivity contribution in [2.24, 2.45) is 5.73 Å². The third kappa shape index (κ3) is 2.98. The Morgan fingerprint density at radius 3 is 2.86 bits per heavy atom. The lowest BCUT2D eigenvalue weighted by atomic mass is 10.2. The predicted molar refractivity (Wildman–Crippen MR) is 86.2 cm³/mol. The van der Waals surface area contributed by atoms with Crippen LogP contribution in [0.1, 0.15) is 11.3 Å². The van der Waals surface area contributed by atoms with Crippen LogP contribution in [0, 0.1) is 0 Å². The molecule has 0 amide bonds. The van der Waals surface area contributed by atoms with Gasteiger partial charge < -0.3 is 10.5 Å². The first-order valence-corrected chi connectivity index (χ1v) is 6.86. The van der Waals surface area contributed by atoms with Crippen LogP contribution in [0.3, 0.4) is 0 Å². The average molecular weight is 295 g/mol. The van der Waals surface area contributed by atoms with E-state index in [-0.39, 0.29) is 4.99 Å². The Balaban J connectivity index is 1.84. The molecule has 2 heterocycles. The van der Waals surface area contributed by atoms with Crippen LogP contribution in [0.2, 0.25) is 0 Å². The van der Waals surface area contributed by atoms with E-state index in [0.717, 1.165) is 22.2 Å². The maximum absolute atomic E-state index is 5.89. The second-order valence-corrected chi connectivity index (χ2v) is 4.97. The quantitative estimate of drug-likeness (QED) is 0.750. The lowest BCUT2D eigenvalue weighted by molar-refractivity contribution is 0.310. The Bertz CT molecular complexity index is 799. The Labute approximate surface area is 127 Å². The highest BCUT2D eigenvalue weighted by Crippen LogP contribution is 2.24. The maximum atomic E-state index is 5.89. The van der Waals surface area contributed by atoms with Crippen LogP contribution in [-0.4, -0.2) is 15.0 Å². The Morgan fingerprint density at radius 2 is 2.00 bits per heavy atom. The zero-order valence-electron chi connectivity index (χ0n) is 11.2. The van der Waals surface area contributed by atoms with Crippen molar-refractivity contribution in [2.45, 2.75) is 6.61 Å². The van der Waals surface area contributed by atoms with E-state index in [2.05, 4.69) is 9.97 Å². The van der Waals surface area contributed by atoms with Crippen molar-refractivity contribution in [3.63, 3.8) is 0 Å². The molecule has 3 aromatic rings. The maximum Gasteiger partial charge on any atom is 0.129 e. The fourth-order valence-electron chi connectivity index (χ4n) is 2.06. The zero-order chi connectivity index (χ0) is 14.7. The molecule has 0 aliphatic rings. The van der Waals surface area contributed by atoms with E-state index in [4.69, 9.17) is 22.7 Å². The Kier molecular flexibility index (Phi) is 3.75. The van der Waals surface area contributed by atoms with Crippen LogP contribution in [0.15, 0.2) is 54.9 Å². The van der Waals surface area contributed by atoms with Crippen molar-refractivity contribution in [1.29, 1.82) is 0 Å². The van der Waals surface area contributed by atoms with E-state index in [1.807, 2.05) is 42.5 Å². The van der Waals surface area contributed by atoms with Gasteiger partial charge in [-0.1, -0.05) is 18.3 Å². The van der Waals surface area contributed by atoms with Gasteiger partial charge in [0, 0.05) is 17.8 Å². The summed E-state index contributed by atoms with van der Waals surface area (Å²) in [7, 11) is 0. The molecule has 0 atom stereocenters. The third-order valence-corrected chi connectivity index (χ3v) is 3.29. The Morgan fingerprint density at radius 1 is 1.10 bits per heavy atom. The summed E-state index contributed by atoms with van der Waals surface area (Å²) in [6.45, 7) is 0.423. The fraction of sp³-hybridized carbons (Fsp3) is 0.0625. The first kappa shape index (κ1) is 13.5. The highest BCUT2D eigenvalue weighted by Gasteiger charge is 2.04. The summed E-state index contributed by atoms with van der Waals surface area (Å²) in [5, 5.41) is 0.989. The van der Waals surface area contributed by atoms with Crippen molar-refractivity contribution < 1.29 is 4.74 Å². The van der Waals surface area contributed by atoms with Gasteiger partial charge in [-0.15, -0.1) is 0 Å². The topological polar surface area (TPSA) is 61.0 Å². The molecule has 0 saturated heterocycles. The number of benzene rings is 1. The number of rotatable bonds is 4.